The summed E-state index contributed by atoms with van der Waals surface area (Å²) < 4.78 is 7.82. The molecular formula is C55H39GeN3. The van der Waals surface area contributed by atoms with Gasteiger partial charge in [-0.25, -0.2) is 0 Å². The Morgan fingerprint density at radius 1 is 0.475 bits per heavy atom. The van der Waals surface area contributed by atoms with E-state index in [0.29, 0.717) is 0 Å². The van der Waals surface area contributed by atoms with E-state index in [0.717, 1.165) is 28.3 Å². The van der Waals surface area contributed by atoms with E-state index in [4.69, 9.17) is 9.97 Å². The van der Waals surface area contributed by atoms with Crippen molar-refractivity contribution in [2.45, 2.75) is 19.3 Å². The summed E-state index contributed by atoms with van der Waals surface area (Å²) in [6.07, 6.45) is 0. The second-order valence-corrected chi connectivity index (χ2v) is 24.2. The Morgan fingerprint density at radius 2 is 1.08 bits per heavy atom. The van der Waals surface area contributed by atoms with Crippen molar-refractivity contribution in [3.63, 3.8) is 0 Å². The van der Waals surface area contributed by atoms with Crippen LogP contribution in [-0.4, -0.2) is 27.8 Å². The molecule has 0 saturated heterocycles. The van der Waals surface area contributed by atoms with Gasteiger partial charge in [0.1, 0.15) is 0 Å². The molecule has 0 spiro atoms. The molecule has 0 radical (unpaired) electrons. The number of hydrogen-bond acceptors (Lipinski definition) is 2. The first-order valence-corrected chi connectivity index (χ1v) is 24.7. The Hall–Kier alpha value is -6.82. The van der Waals surface area contributed by atoms with Crippen LogP contribution >= 0.6 is 0 Å². The number of fused-ring (bicyclic) bond motifs is 10. The molecule has 8 aromatic carbocycles. The van der Waals surface area contributed by atoms with Gasteiger partial charge in [0.2, 0.25) is 0 Å². The second-order valence-electron chi connectivity index (χ2n) is 16.5. The van der Waals surface area contributed by atoms with Gasteiger partial charge < -0.3 is 0 Å². The van der Waals surface area contributed by atoms with E-state index in [9.17, 15) is 0 Å². The Bertz CT molecular complexity index is 3240. The van der Waals surface area contributed by atoms with Gasteiger partial charge in [0.05, 0.1) is 0 Å². The number of hydrogen-bond donors (Lipinski definition) is 0. The Balaban J connectivity index is 1.10. The van der Waals surface area contributed by atoms with Crippen LogP contribution in [0, 0.1) is 0 Å². The fourth-order valence-electron chi connectivity index (χ4n) is 10.5. The third-order valence-corrected chi connectivity index (χ3v) is 23.0. The summed E-state index contributed by atoms with van der Waals surface area (Å²) in [4.78, 5) is 11.3. The SMILES string of the molecule is CC1(C)c2ccccc2-c2ccc3c4ccccc4n(-c4ccc(-c5nc(-c6ccccc6)c6[c](n5)[Ge]([c]5ccccc5)([c]5ccccc5)[c]5ccccc5-6)cc4)c3c21. The maximum atomic E-state index is 5.78. The Morgan fingerprint density at radius 3 is 1.81 bits per heavy atom. The normalized spacial score (nSPS) is 14.2. The monoisotopic (exact) mass is 815 g/mol. The summed E-state index contributed by atoms with van der Waals surface area (Å²) in [7, 11) is 0. The molecule has 2 aromatic heterocycles. The third-order valence-electron chi connectivity index (χ3n) is 13.1. The summed E-state index contributed by atoms with van der Waals surface area (Å²) in [5.41, 5.74) is 14.4. The van der Waals surface area contributed by atoms with Crippen LogP contribution in [-0.2, 0) is 5.41 Å². The van der Waals surface area contributed by atoms with Gasteiger partial charge in [0.25, 0.3) is 0 Å². The number of para-hydroxylation sites is 1. The number of aromatic nitrogens is 3. The fraction of sp³-hybridized carbons (Fsp3) is 0.0545. The Kier molecular flexibility index (Phi) is 7.45. The van der Waals surface area contributed by atoms with Crippen LogP contribution in [0.15, 0.2) is 200 Å². The van der Waals surface area contributed by atoms with Gasteiger partial charge in [0.15, 0.2) is 0 Å². The van der Waals surface area contributed by atoms with E-state index in [2.05, 4.69) is 219 Å². The molecule has 0 amide bonds. The van der Waals surface area contributed by atoms with Gasteiger partial charge in [0, 0.05) is 0 Å². The van der Waals surface area contributed by atoms with Gasteiger partial charge in [-0.15, -0.1) is 0 Å². The molecule has 1 aliphatic heterocycles. The molecule has 0 unspecified atom stereocenters. The van der Waals surface area contributed by atoms with Crippen molar-refractivity contribution in [3.05, 3.63) is 211 Å². The molecule has 0 N–H and O–H groups in total. The average molecular weight is 815 g/mol. The van der Waals surface area contributed by atoms with Gasteiger partial charge in [-0.3, -0.25) is 0 Å². The number of nitrogens with zero attached hydrogens (tertiary/aromatic N) is 3. The van der Waals surface area contributed by atoms with Crippen molar-refractivity contribution in [2.24, 2.45) is 0 Å². The first-order valence-electron chi connectivity index (χ1n) is 20.5. The molecule has 4 heteroatoms. The van der Waals surface area contributed by atoms with E-state index in [1.54, 1.807) is 0 Å². The van der Waals surface area contributed by atoms with Crippen LogP contribution in [0.2, 0.25) is 0 Å². The molecule has 59 heavy (non-hydrogen) atoms. The van der Waals surface area contributed by atoms with E-state index in [1.807, 2.05) is 0 Å². The van der Waals surface area contributed by atoms with Crippen molar-refractivity contribution in [1.29, 1.82) is 0 Å². The number of benzene rings is 8. The van der Waals surface area contributed by atoms with E-state index in [-0.39, 0.29) is 5.41 Å². The van der Waals surface area contributed by atoms with E-state index < -0.39 is 13.3 Å². The number of rotatable bonds is 5. The van der Waals surface area contributed by atoms with E-state index >= 15 is 0 Å². The van der Waals surface area contributed by atoms with E-state index in [1.165, 1.54) is 72.9 Å². The first-order chi connectivity index (χ1) is 29.0. The van der Waals surface area contributed by atoms with Crippen molar-refractivity contribution in [2.75, 3.05) is 0 Å². The fourth-order valence-corrected chi connectivity index (χ4v) is 21.0. The molecule has 1 aliphatic carbocycles. The Labute approximate surface area is 346 Å². The molecule has 0 fully saturated rings. The summed E-state index contributed by atoms with van der Waals surface area (Å²) in [5, 5.41) is 2.54. The van der Waals surface area contributed by atoms with Crippen molar-refractivity contribution in [1.82, 2.24) is 14.5 Å². The standard InChI is InChI=1S/C55H39GeN3/c1-55(2)46-27-15-12-24-41(46)43-34-35-44-42-25-14-17-29-48(42)59(52(44)50(43)55)40-32-30-37(31-33-40)54-57-51(36-18-6-3-7-19-36)49-45-26-13-16-28-47(45)56(53(49)58-54,38-20-8-4-9-21-38)39-22-10-5-11-23-39/h3-35H,1-2H3. The van der Waals surface area contributed by atoms with Crippen LogP contribution in [0.25, 0.3) is 72.4 Å². The average Bonchev–Trinajstić information content (AvgIpc) is 3.88. The third kappa shape index (κ3) is 4.77. The summed E-state index contributed by atoms with van der Waals surface area (Å²) in [5.74, 6) is 0.753. The van der Waals surface area contributed by atoms with Crippen LogP contribution in [0.1, 0.15) is 25.0 Å². The molecule has 0 saturated carbocycles. The predicted octanol–water partition coefficient (Wildman–Crippen LogP) is 10.6. The topological polar surface area (TPSA) is 30.7 Å². The minimum absolute atomic E-state index is 0.156. The van der Waals surface area contributed by atoms with Crippen molar-refractivity contribution >= 4 is 52.8 Å². The molecule has 2 aliphatic rings. The quantitative estimate of drug-likeness (QED) is 0.162. The van der Waals surface area contributed by atoms with Crippen LogP contribution in [0.5, 0.6) is 0 Å². The van der Waals surface area contributed by atoms with Gasteiger partial charge in [-0.05, 0) is 0 Å². The molecular weight excluding hydrogens is 775 g/mol. The van der Waals surface area contributed by atoms with Gasteiger partial charge in [-0.2, -0.15) is 0 Å². The summed E-state index contributed by atoms with van der Waals surface area (Å²) in [6, 6.07) is 73.5. The maximum absolute atomic E-state index is 5.78. The van der Waals surface area contributed by atoms with Crippen LogP contribution in [0.4, 0.5) is 0 Å². The molecule has 12 rings (SSSR count). The molecule has 3 heterocycles. The molecule has 278 valence electrons. The summed E-state index contributed by atoms with van der Waals surface area (Å²) >= 11 is -3.66. The van der Waals surface area contributed by atoms with Gasteiger partial charge in [-0.1, -0.05) is 24.3 Å². The second kappa shape index (κ2) is 12.8. The van der Waals surface area contributed by atoms with Gasteiger partial charge >= 0.3 is 324 Å². The minimum atomic E-state index is -3.66. The zero-order valence-electron chi connectivity index (χ0n) is 32.9. The summed E-state index contributed by atoms with van der Waals surface area (Å²) in [6.45, 7) is 4.76. The van der Waals surface area contributed by atoms with Crippen molar-refractivity contribution < 1.29 is 0 Å². The van der Waals surface area contributed by atoms with Crippen LogP contribution in [0.3, 0.4) is 0 Å². The molecule has 0 bridgehead atoms. The first kappa shape index (κ1) is 34.2. The van der Waals surface area contributed by atoms with Crippen LogP contribution < -0.4 is 17.7 Å². The zero-order valence-corrected chi connectivity index (χ0v) is 35.0. The van der Waals surface area contributed by atoms with Crippen molar-refractivity contribution in [3.8, 4) is 50.6 Å². The predicted molar refractivity (Wildman–Crippen MR) is 247 cm³/mol. The molecule has 10 aromatic rings. The molecule has 3 nitrogen and oxygen atoms in total. The molecule has 0 atom stereocenters. The zero-order chi connectivity index (χ0) is 39.3.